The van der Waals surface area contributed by atoms with E-state index < -0.39 is 5.60 Å². The van der Waals surface area contributed by atoms with Gasteiger partial charge in [-0.2, -0.15) is 0 Å². The third-order valence-corrected chi connectivity index (χ3v) is 10.9. The van der Waals surface area contributed by atoms with E-state index in [0.29, 0.717) is 11.5 Å². The summed E-state index contributed by atoms with van der Waals surface area (Å²) in [6.45, 7) is 4.64. The highest BCUT2D eigenvalue weighted by atomic mass is 16.5. The molecule has 244 valence electrons. The molecule has 0 N–H and O–H groups in total. The molecule has 1 aliphatic carbocycles. The number of methoxy groups -OCH3 is 3. The molecule has 49 heavy (non-hydrogen) atoms. The Morgan fingerprint density at radius 1 is 0.612 bits per heavy atom. The molecule has 1 aliphatic heterocycles. The largest absolute Gasteiger partial charge is 0.497 e. The Hall–Kier alpha value is -5.48. The molecule has 0 saturated heterocycles. The van der Waals surface area contributed by atoms with Crippen LogP contribution in [-0.4, -0.2) is 21.3 Å². The number of rotatable bonds is 8. The van der Waals surface area contributed by atoms with Crippen LogP contribution in [0.1, 0.15) is 54.5 Å². The van der Waals surface area contributed by atoms with Crippen molar-refractivity contribution >= 4 is 16.8 Å². The van der Waals surface area contributed by atoms with E-state index in [4.69, 9.17) is 18.9 Å². The second kappa shape index (κ2) is 11.9. The molecule has 1 unspecified atom stereocenters. The molecule has 0 radical (unpaired) electrons. The van der Waals surface area contributed by atoms with Crippen molar-refractivity contribution in [3.63, 3.8) is 0 Å². The van der Waals surface area contributed by atoms with Gasteiger partial charge in [0.1, 0.15) is 11.5 Å². The van der Waals surface area contributed by atoms with E-state index in [0.717, 1.165) is 51.8 Å². The topological polar surface area (TPSA) is 36.9 Å². The molecule has 2 aliphatic rings. The summed E-state index contributed by atoms with van der Waals surface area (Å²) in [6, 6.07) is 40.6. The maximum atomic E-state index is 7.53. The van der Waals surface area contributed by atoms with Gasteiger partial charge in [-0.25, -0.2) is 0 Å². The van der Waals surface area contributed by atoms with Crippen molar-refractivity contribution < 1.29 is 18.9 Å². The summed E-state index contributed by atoms with van der Waals surface area (Å²) < 4.78 is 24.9. The fraction of sp³-hybridized carbons (Fsp3) is 0.200. The summed E-state index contributed by atoms with van der Waals surface area (Å²) in [5.74, 6) is 3.01. The lowest BCUT2D eigenvalue weighted by molar-refractivity contribution is 0.163. The quantitative estimate of drug-likeness (QED) is 0.165. The van der Waals surface area contributed by atoms with Gasteiger partial charge in [0.25, 0.3) is 0 Å². The Kier molecular flexibility index (Phi) is 7.48. The van der Waals surface area contributed by atoms with E-state index in [1.54, 1.807) is 21.3 Å². The van der Waals surface area contributed by atoms with Gasteiger partial charge in [0, 0.05) is 27.5 Å². The first-order valence-electron chi connectivity index (χ1n) is 17.1. The molecular formula is C45H40O4. The first kappa shape index (κ1) is 30.8. The minimum absolute atomic E-state index is 0.221. The van der Waals surface area contributed by atoms with Gasteiger partial charge < -0.3 is 18.9 Å². The third-order valence-electron chi connectivity index (χ3n) is 10.9. The van der Waals surface area contributed by atoms with Crippen LogP contribution in [0.4, 0.5) is 0 Å². The first-order valence-corrected chi connectivity index (χ1v) is 17.1. The maximum absolute atomic E-state index is 7.53. The lowest BCUT2D eigenvalue weighted by atomic mass is 9.70. The van der Waals surface area contributed by atoms with Gasteiger partial charge >= 0.3 is 0 Å². The van der Waals surface area contributed by atoms with Crippen LogP contribution in [-0.2, 0) is 11.0 Å². The average molecular weight is 645 g/mol. The predicted molar refractivity (Wildman–Crippen MR) is 199 cm³/mol. The Bertz CT molecular complexity index is 2210. The summed E-state index contributed by atoms with van der Waals surface area (Å²) in [7, 11) is 5.09. The van der Waals surface area contributed by atoms with Crippen LogP contribution in [0, 0.1) is 0 Å². The molecular weight excluding hydrogens is 604 g/mol. The molecule has 4 heteroatoms. The van der Waals surface area contributed by atoms with Gasteiger partial charge in [-0.3, -0.25) is 0 Å². The Morgan fingerprint density at radius 3 is 1.88 bits per heavy atom. The van der Waals surface area contributed by atoms with E-state index in [-0.39, 0.29) is 5.41 Å². The predicted octanol–water partition coefficient (Wildman–Crippen LogP) is 11.0. The first-order chi connectivity index (χ1) is 24.0. The zero-order valence-corrected chi connectivity index (χ0v) is 28.7. The van der Waals surface area contributed by atoms with Crippen LogP contribution in [0.5, 0.6) is 23.0 Å². The zero-order chi connectivity index (χ0) is 33.8. The summed E-state index contributed by atoms with van der Waals surface area (Å²) in [6.07, 6.45) is 6.45. The fourth-order valence-electron chi connectivity index (χ4n) is 8.33. The number of fused-ring (bicyclic) bond motifs is 8. The minimum Gasteiger partial charge on any atom is -0.497 e. The van der Waals surface area contributed by atoms with Crippen molar-refractivity contribution in [3.05, 3.63) is 149 Å². The molecule has 1 atom stereocenters. The van der Waals surface area contributed by atoms with Gasteiger partial charge in [-0.1, -0.05) is 105 Å². The monoisotopic (exact) mass is 644 g/mol. The lowest BCUT2D eigenvalue weighted by Crippen LogP contribution is -2.35. The fourth-order valence-corrected chi connectivity index (χ4v) is 8.33. The summed E-state index contributed by atoms with van der Waals surface area (Å²) >= 11 is 0. The third kappa shape index (κ3) is 4.50. The van der Waals surface area contributed by atoms with Crippen molar-refractivity contribution in [2.75, 3.05) is 21.3 Å². The number of ether oxygens (including phenoxy) is 4. The van der Waals surface area contributed by atoms with E-state index in [2.05, 4.69) is 123 Å². The molecule has 1 heterocycles. The second-order valence-corrected chi connectivity index (χ2v) is 12.9. The van der Waals surface area contributed by atoms with Crippen molar-refractivity contribution in [2.45, 2.75) is 37.7 Å². The summed E-state index contributed by atoms with van der Waals surface area (Å²) in [4.78, 5) is 0. The standard InChI is InChI=1S/C45H40O4/c1-6-44(7-2)38-26-30(29-14-10-8-11-15-29)18-23-34(38)41-36-27-39(47-4)40(48-5)28-37(36)43-35(42(41)44)24-25-45(49-43,31-16-12-9-13-17-31)32-19-21-33(46-3)22-20-32/h8-28H,6-7H2,1-5H3. The molecule has 4 nitrogen and oxygen atoms in total. The Balaban J connectivity index is 1.46. The highest BCUT2D eigenvalue weighted by Gasteiger charge is 2.47. The van der Waals surface area contributed by atoms with Gasteiger partial charge in [0.05, 0.1) is 21.3 Å². The zero-order valence-electron chi connectivity index (χ0n) is 28.7. The van der Waals surface area contributed by atoms with Crippen molar-refractivity contribution in [2.24, 2.45) is 0 Å². The van der Waals surface area contributed by atoms with Crippen LogP contribution < -0.4 is 18.9 Å². The van der Waals surface area contributed by atoms with Gasteiger partial charge in [-0.05, 0) is 88.0 Å². The maximum Gasteiger partial charge on any atom is 0.178 e. The summed E-state index contributed by atoms with van der Waals surface area (Å²) in [5, 5.41) is 2.08. The SMILES string of the molecule is CCC1(CC)c2cc(-c3ccccc3)ccc2-c2c1c1c(c3cc(OC)c(OC)cc23)OC(c2ccccc2)(c2ccc(OC)cc2)C=C1. The average Bonchev–Trinajstić information content (AvgIpc) is 3.48. The summed E-state index contributed by atoms with van der Waals surface area (Å²) in [5.41, 5.74) is 9.73. The Labute approximate surface area is 288 Å². The molecule has 0 fully saturated rings. The van der Waals surface area contributed by atoms with E-state index in [1.165, 1.54) is 33.4 Å². The highest BCUT2D eigenvalue weighted by Crippen LogP contribution is 2.61. The smallest absolute Gasteiger partial charge is 0.178 e. The van der Waals surface area contributed by atoms with Gasteiger partial charge in [0.15, 0.2) is 17.1 Å². The van der Waals surface area contributed by atoms with E-state index >= 15 is 0 Å². The normalized spacial score (nSPS) is 16.8. The van der Waals surface area contributed by atoms with E-state index in [9.17, 15) is 0 Å². The lowest BCUT2D eigenvalue weighted by Gasteiger charge is -2.39. The molecule has 6 aromatic rings. The van der Waals surface area contributed by atoms with Gasteiger partial charge in [0.2, 0.25) is 0 Å². The second-order valence-electron chi connectivity index (χ2n) is 12.9. The van der Waals surface area contributed by atoms with Crippen LogP contribution in [0.25, 0.3) is 39.1 Å². The van der Waals surface area contributed by atoms with Gasteiger partial charge in [-0.15, -0.1) is 0 Å². The van der Waals surface area contributed by atoms with Crippen molar-refractivity contribution in [1.82, 2.24) is 0 Å². The molecule has 0 bridgehead atoms. The molecule has 0 spiro atoms. The van der Waals surface area contributed by atoms with Crippen LogP contribution >= 0.6 is 0 Å². The van der Waals surface area contributed by atoms with Crippen LogP contribution in [0.15, 0.2) is 121 Å². The van der Waals surface area contributed by atoms with Crippen molar-refractivity contribution in [1.29, 1.82) is 0 Å². The molecule has 0 aromatic heterocycles. The van der Waals surface area contributed by atoms with Crippen LogP contribution in [0.2, 0.25) is 0 Å². The number of hydrogen-bond donors (Lipinski definition) is 0. The number of hydrogen-bond acceptors (Lipinski definition) is 4. The van der Waals surface area contributed by atoms with E-state index in [1.807, 2.05) is 18.2 Å². The highest BCUT2D eigenvalue weighted by molar-refractivity contribution is 6.10. The van der Waals surface area contributed by atoms with Crippen LogP contribution in [0.3, 0.4) is 0 Å². The number of benzene rings is 6. The molecule has 6 aromatic carbocycles. The van der Waals surface area contributed by atoms with Crippen molar-refractivity contribution in [3.8, 4) is 45.3 Å². The molecule has 8 rings (SSSR count). The molecule has 0 saturated carbocycles. The Morgan fingerprint density at radius 2 is 1.24 bits per heavy atom. The minimum atomic E-state index is -0.873. The molecule has 0 amide bonds.